The topological polar surface area (TPSA) is 70.5 Å². The van der Waals surface area contributed by atoms with Gasteiger partial charge in [0.2, 0.25) is 0 Å². The second-order valence-electron chi connectivity index (χ2n) is 4.55. The standard InChI is InChI=1S/C14H13BrN2O3S/c1-8-10(14(19)20)3-4-11(16-8)13(18)17(2)6-9-5-12(15)21-7-9/h3-5,7H,6H2,1-2H3,(H,19,20). The van der Waals surface area contributed by atoms with Gasteiger partial charge in [0, 0.05) is 13.6 Å². The van der Waals surface area contributed by atoms with Crippen LogP contribution in [0.3, 0.4) is 0 Å². The number of thiophene rings is 1. The van der Waals surface area contributed by atoms with E-state index in [2.05, 4.69) is 20.9 Å². The van der Waals surface area contributed by atoms with Crippen LogP contribution in [0.5, 0.6) is 0 Å². The van der Waals surface area contributed by atoms with Crippen LogP contribution in [0.4, 0.5) is 0 Å². The molecule has 0 saturated carbocycles. The fraction of sp³-hybridized carbons (Fsp3) is 0.214. The Morgan fingerprint density at radius 2 is 2.14 bits per heavy atom. The number of carboxylic acid groups (broad SMARTS) is 1. The number of amides is 1. The number of carbonyl (C=O) groups excluding carboxylic acids is 1. The van der Waals surface area contributed by atoms with Gasteiger partial charge in [-0.15, -0.1) is 11.3 Å². The molecule has 0 unspecified atom stereocenters. The third kappa shape index (κ3) is 3.68. The molecule has 0 atom stereocenters. The average Bonchev–Trinajstić information content (AvgIpc) is 2.82. The van der Waals surface area contributed by atoms with Crippen molar-refractivity contribution in [3.8, 4) is 0 Å². The first kappa shape index (κ1) is 15.7. The molecule has 2 aromatic rings. The fourth-order valence-electron chi connectivity index (χ4n) is 1.88. The third-order valence-corrected chi connectivity index (χ3v) is 4.48. The van der Waals surface area contributed by atoms with Crippen molar-refractivity contribution in [2.24, 2.45) is 0 Å². The van der Waals surface area contributed by atoms with Gasteiger partial charge < -0.3 is 10.0 Å². The maximum absolute atomic E-state index is 12.3. The van der Waals surface area contributed by atoms with Crippen molar-refractivity contribution in [3.63, 3.8) is 0 Å². The van der Waals surface area contributed by atoms with Gasteiger partial charge >= 0.3 is 5.97 Å². The molecule has 0 radical (unpaired) electrons. The molecule has 1 N–H and O–H groups in total. The number of nitrogens with zero attached hydrogens (tertiary/aromatic N) is 2. The lowest BCUT2D eigenvalue weighted by Crippen LogP contribution is -2.27. The predicted molar refractivity (Wildman–Crippen MR) is 83.7 cm³/mol. The molecule has 0 bridgehead atoms. The molecule has 7 heteroatoms. The van der Waals surface area contributed by atoms with Gasteiger partial charge in [-0.2, -0.15) is 0 Å². The molecule has 5 nitrogen and oxygen atoms in total. The van der Waals surface area contributed by atoms with Crippen molar-refractivity contribution in [3.05, 3.63) is 49.9 Å². The number of pyridine rings is 1. The summed E-state index contributed by atoms with van der Waals surface area (Å²) in [5.74, 6) is -1.28. The number of carbonyl (C=O) groups is 2. The van der Waals surface area contributed by atoms with Crippen molar-refractivity contribution in [1.82, 2.24) is 9.88 Å². The van der Waals surface area contributed by atoms with E-state index in [0.29, 0.717) is 12.2 Å². The lowest BCUT2D eigenvalue weighted by Gasteiger charge is -2.16. The summed E-state index contributed by atoms with van der Waals surface area (Å²) in [5.41, 5.74) is 1.71. The van der Waals surface area contributed by atoms with Gasteiger partial charge in [-0.05, 0) is 52.0 Å². The van der Waals surface area contributed by atoms with Crippen LogP contribution in [0.1, 0.15) is 32.1 Å². The normalized spacial score (nSPS) is 10.4. The van der Waals surface area contributed by atoms with E-state index in [9.17, 15) is 9.59 Å². The Morgan fingerprint density at radius 3 is 2.67 bits per heavy atom. The maximum atomic E-state index is 12.3. The molecule has 2 aromatic heterocycles. The summed E-state index contributed by atoms with van der Waals surface area (Å²) in [7, 11) is 1.69. The first-order chi connectivity index (χ1) is 9.88. The van der Waals surface area contributed by atoms with Crippen molar-refractivity contribution in [1.29, 1.82) is 0 Å². The SMILES string of the molecule is Cc1nc(C(=O)N(C)Cc2csc(Br)c2)ccc1C(=O)O. The maximum Gasteiger partial charge on any atom is 0.337 e. The summed E-state index contributed by atoms with van der Waals surface area (Å²) in [4.78, 5) is 28.9. The Labute approximate surface area is 134 Å². The van der Waals surface area contributed by atoms with Crippen LogP contribution >= 0.6 is 27.3 Å². The van der Waals surface area contributed by atoms with Crippen LogP contribution < -0.4 is 0 Å². The van der Waals surface area contributed by atoms with Crippen LogP contribution in [0.25, 0.3) is 0 Å². The fourth-order valence-corrected chi connectivity index (χ4v) is 3.08. The van der Waals surface area contributed by atoms with Crippen LogP contribution in [-0.2, 0) is 6.54 Å². The monoisotopic (exact) mass is 368 g/mol. The molecule has 0 saturated heterocycles. The number of aryl methyl sites for hydroxylation is 1. The molecule has 2 rings (SSSR count). The summed E-state index contributed by atoms with van der Waals surface area (Å²) >= 11 is 4.94. The molecule has 1 amide bonds. The molecule has 0 aliphatic heterocycles. The largest absolute Gasteiger partial charge is 0.478 e. The summed E-state index contributed by atoms with van der Waals surface area (Å²) in [6.07, 6.45) is 0. The van der Waals surface area contributed by atoms with Crippen molar-refractivity contribution in [2.75, 3.05) is 7.05 Å². The van der Waals surface area contributed by atoms with Crippen LogP contribution in [0, 0.1) is 6.92 Å². The van der Waals surface area contributed by atoms with E-state index in [1.807, 2.05) is 11.4 Å². The summed E-state index contributed by atoms with van der Waals surface area (Å²) in [5, 5.41) is 10.9. The minimum absolute atomic E-state index is 0.107. The summed E-state index contributed by atoms with van der Waals surface area (Å²) in [6, 6.07) is 4.81. The molecule has 0 aromatic carbocycles. The minimum Gasteiger partial charge on any atom is -0.478 e. The Hall–Kier alpha value is -1.73. The van der Waals surface area contributed by atoms with Crippen molar-refractivity contribution >= 4 is 39.1 Å². The zero-order valence-electron chi connectivity index (χ0n) is 11.5. The highest BCUT2D eigenvalue weighted by molar-refractivity contribution is 9.11. The average molecular weight is 369 g/mol. The number of hydrogen-bond acceptors (Lipinski definition) is 4. The Morgan fingerprint density at radius 1 is 1.43 bits per heavy atom. The Bertz CT molecular complexity index is 699. The minimum atomic E-state index is -1.05. The first-order valence-electron chi connectivity index (χ1n) is 6.08. The molecule has 0 fully saturated rings. The third-order valence-electron chi connectivity index (χ3n) is 2.92. The number of aromatic nitrogens is 1. The van der Waals surface area contributed by atoms with Gasteiger partial charge in [0.05, 0.1) is 15.0 Å². The van der Waals surface area contributed by atoms with Gasteiger partial charge in [0.15, 0.2) is 0 Å². The van der Waals surface area contributed by atoms with Crippen LogP contribution in [0.15, 0.2) is 27.4 Å². The van der Waals surface area contributed by atoms with E-state index < -0.39 is 5.97 Å². The molecule has 2 heterocycles. The van der Waals surface area contributed by atoms with Crippen LogP contribution in [0.2, 0.25) is 0 Å². The molecular weight excluding hydrogens is 356 g/mol. The van der Waals surface area contributed by atoms with E-state index in [0.717, 1.165) is 9.35 Å². The lowest BCUT2D eigenvalue weighted by atomic mass is 10.2. The summed E-state index contributed by atoms with van der Waals surface area (Å²) < 4.78 is 1.01. The second kappa shape index (κ2) is 6.36. The van der Waals surface area contributed by atoms with Gasteiger partial charge in [0.25, 0.3) is 5.91 Å². The second-order valence-corrected chi connectivity index (χ2v) is 6.85. The number of hydrogen-bond donors (Lipinski definition) is 1. The molecule has 0 spiro atoms. The highest BCUT2D eigenvalue weighted by atomic mass is 79.9. The van der Waals surface area contributed by atoms with Gasteiger partial charge in [0.1, 0.15) is 5.69 Å². The number of halogens is 1. The van der Waals surface area contributed by atoms with Crippen molar-refractivity contribution in [2.45, 2.75) is 13.5 Å². The lowest BCUT2D eigenvalue weighted by molar-refractivity contribution is 0.0693. The molecular formula is C14H13BrN2O3S. The number of rotatable bonds is 4. The highest BCUT2D eigenvalue weighted by Crippen LogP contribution is 2.21. The molecule has 0 aliphatic carbocycles. The van der Waals surface area contributed by atoms with Gasteiger partial charge in [-0.25, -0.2) is 9.78 Å². The van der Waals surface area contributed by atoms with Crippen LogP contribution in [-0.4, -0.2) is 33.9 Å². The van der Waals surface area contributed by atoms with E-state index in [-0.39, 0.29) is 17.2 Å². The van der Waals surface area contributed by atoms with E-state index in [1.54, 1.807) is 30.2 Å². The van der Waals surface area contributed by atoms with E-state index in [4.69, 9.17) is 5.11 Å². The zero-order chi connectivity index (χ0) is 15.6. The number of carboxylic acids is 1. The molecule has 21 heavy (non-hydrogen) atoms. The van der Waals surface area contributed by atoms with Gasteiger partial charge in [-0.1, -0.05) is 0 Å². The quantitative estimate of drug-likeness (QED) is 0.899. The van der Waals surface area contributed by atoms with Crippen molar-refractivity contribution < 1.29 is 14.7 Å². The number of aromatic carboxylic acids is 1. The van der Waals surface area contributed by atoms with E-state index >= 15 is 0 Å². The Kier molecular flexibility index (Phi) is 4.74. The predicted octanol–water partition coefficient (Wildman–Crippen LogP) is 3.18. The van der Waals surface area contributed by atoms with Gasteiger partial charge in [-0.3, -0.25) is 4.79 Å². The molecule has 110 valence electrons. The molecule has 0 aliphatic rings. The zero-order valence-corrected chi connectivity index (χ0v) is 13.9. The summed E-state index contributed by atoms with van der Waals surface area (Å²) in [6.45, 7) is 2.05. The van der Waals surface area contributed by atoms with E-state index in [1.165, 1.54) is 12.1 Å². The Balaban J connectivity index is 2.15. The smallest absolute Gasteiger partial charge is 0.337 e. The first-order valence-corrected chi connectivity index (χ1v) is 7.75. The highest BCUT2D eigenvalue weighted by Gasteiger charge is 2.17.